The van der Waals surface area contributed by atoms with Crippen molar-refractivity contribution in [2.24, 2.45) is 0 Å². The van der Waals surface area contributed by atoms with Gasteiger partial charge in [-0.05, 0) is 31.0 Å². The number of methoxy groups -OCH3 is 1. The van der Waals surface area contributed by atoms with Gasteiger partial charge in [0.25, 0.3) is 5.91 Å². The number of hydrogen-bond acceptors (Lipinski definition) is 11. The summed E-state index contributed by atoms with van der Waals surface area (Å²) < 4.78 is 10.9. The molecule has 2 N–H and O–H groups in total. The van der Waals surface area contributed by atoms with Crippen molar-refractivity contribution in [2.45, 2.75) is 25.5 Å². The number of benzene rings is 1. The number of ether oxygens (including phenoxy) is 2. The molecule has 1 fully saturated rings. The Balaban J connectivity index is 1.36. The monoisotopic (exact) mass is 456 g/mol. The van der Waals surface area contributed by atoms with Crippen LogP contribution in [0.1, 0.15) is 25.0 Å². The summed E-state index contributed by atoms with van der Waals surface area (Å²) in [5, 5.41) is 23.4. The van der Waals surface area contributed by atoms with Crippen molar-refractivity contribution in [3.05, 3.63) is 42.2 Å². The molecule has 0 saturated carbocycles. The maximum absolute atomic E-state index is 12.9. The van der Waals surface area contributed by atoms with Gasteiger partial charge in [0, 0.05) is 25.7 Å². The van der Waals surface area contributed by atoms with Crippen LogP contribution in [0.5, 0.6) is 5.75 Å². The third-order valence-electron chi connectivity index (χ3n) is 4.89. The highest BCUT2D eigenvalue weighted by Gasteiger charge is 2.26. The van der Waals surface area contributed by atoms with Crippen LogP contribution in [0.15, 0.2) is 36.7 Å². The van der Waals surface area contributed by atoms with Gasteiger partial charge in [-0.15, -0.1) is 15.3 Å². The van der Waals surface area contributed by atoms with Crippen molar-refractivity contribution in [1.29, 1.82) is 0 Å². The average Bonchev–Trinajstić information content (AvgIpc) is 3.48. The average molecular weight is 457 g/mol. The predicted octanol–water partition coefficient (Wildman–Crippen LogP) is 2.14. The number of carbonyl (C=O) groups is 1. The number of carbonyl (C=O) groups excluding carboxylic acids is 1. The Labute approximate surface area is 189 Å². The fourth-order valence-electron chi connectivity index (χ4n) is 3.42. The van der Waals surface area contributed by atoms with E-state index in [1.807, 2.05) is 25.1 Å². The van der Waals surface area contributed by atoms with E-state index in [4.69, 9.17) is 9.47 Å². The molecule has 32 heavy (non-hydrogen) atoms. The van der Waals surface area contributed by atoms with Crippen LogP contribution in [0.2, 0.25) is 0 Å². The van der Waals surface area contributed by atoms with Gasteiger partial charge in [0.05, 0.1) is 19.5 Å². The lowest BCUT2D eigenvalue weighted by molar-refractivity contribution is -0.127. The molecule has 1 aliphatic rings. The molecule has 4 rings (SSSR count). The van der Waals surface area contributed by atoms with Crippen molar-refractivity contribution < 1.29 is 14.3 Å². The zero-order valence-electron chi connectivity index (χ0n) is 17.8. The van der Waals surface area contributed by atoms with Gasteiger partial charge in [-0.25, -0.2) is 4.98 Å². The number of aromatic nitrogens is 5. The van der Waals surface area contributed by atoms with Gasteiger partial charge in [0.1, 0.15) is 5.75 Å². The number of amides is 1. The number of anilines is 3. The molecule has 12 heteroatoms. The molecule has 0 radical (unpaired) electrons. The van der Waals surface area contributed by atoms with E-state index in [-0.39, 0.29) is 11.9 Å². The van der Waals surface area contributed by atoms with Crippen LogP contribution in [0, 0.1) is 0 Å². The first-order chi connectivity index (χ1) is 15.7. The minimum absolute atomic E-state index is 0.170. The lowest BCUT2D eigenvalue weighted by atomic mass is 10.1. The molecule has 168 valence electrons. The third kappa shape index (κ3) is 5.26. The van der Waals surface area contributed by atoms with Gasteiger partial charge in [0.2, 0.25) is 16.2 Å². The Bertz CT molecular complexity index is 1030. The van der Waals surface area contributed by atoms with Gasteiger partial charge >= 0.3 is 0 Å². The molecule has 2 atom stereocenters. The fourth-order valence-corrected chi connectivity index (χ4v) is 4.14. The van der Waals surface area contributed by atoms with Crippen LogP contribution in [0.3, 0.4) is 0 Å². The van der Waals surface area contributed by atoms with E-state index < -0.39 is 6.10 Å². The van der Waals surface area contributed by atoms with Gasteiger partial charge in [0.15, 0.2) is 6.10 Å². The molecule has 1 saturated heterocycles. The molecule has 11 nitrogen and oxygen atoms in total. The number of rotatable bonds is 9. The molecule has 3 aromatic rings. The second-order valence-electron chi connectivity index (χ2n) is 7.03. The standard InChI is InChI=1S/C20H24N8O3S/c1-3-31-16(13-5-4-6-15(11-13)30-2)17(29)24-20-27-26-19(32-20)23-14-7-10-28(12-14)18-21-8-9-22-25-18/h4-6,8-9,11,14,16H,3,7,10,12H2,1-2H3,(H,23,26)(H,24,27,29)/t14-,16-/m1/s1. The number of hydrogen-bond donors (Lipinski definition) is 2. The van der Waals surface area contributed by atoms with E-state index in [1.165, 1.54) is 11.3 Å². The van der Waals surface area contributed by atoms with E-state index in [0.717, 1.165) is 19.5 Å². The SMILES string of the molecule is CCO[C@@H](C(=O)Nc1nnc(N[C@@H]2CCN(c3nccnn3)C2)s1)c1cccc(OC)c1. The van der Waals surface area contributed by atoms with Crippen LogP contribution in [-0.2, 0) is 9.53 Å². The number of nitrogens with one attached hydrogen (secondary N) is 2. The second kappa shape index (κ2) is 10.3. The van der Waals surface area contributed by atoms with E-state index in [0.29, 0.717) is 34.1 Å². The van der Waals surface area contributed by atoms with Crippen molar-refractivity contribution in [1.82, 2.24) is 25.4 Å². The highest BCUT2D eigenvalue weighted by Crippen LogP contribution is 2.27. The van der Waals surface area contributed by atoms with Crippen LogP contribution >= 0.6 is 11.3 Å². The van der Waals surface area contributed by atoms with Crippen molar-refractivity contribution in [3.63, 3.8) is 0 Å². The summed E-state index contributed by atoms with van der Waals surface area (Å²) in [6, 6.07) is 7.42. The zero-order chi connectivity index (χ0) is 22.3. The van der Waals surface area contributed by atoms with Crippen LogP contribution in [0.25, 0.3) is 0 Å². The Kier molecular flexibility index (Phi) is 7.02. The van der Waals surface area contributed by atoms with Crippen molar-refractivity contribution in [3.8, 4) is 5.75 Å². The molecule has 0 aliphatic carbocycles. The maximum atomic E-state index is 12.9. The quantitative estimate of drug-likeness (QED) is 0.494. The van der Waals surface area contributed by atoms with E-state index in [9.17, 15) is 4.79 Å². The molecule has 1 amide bonds. The van der Waals surface area contributed by atoms with Crippen LogP contribution in [0.4, 0.5) is 16.2 Å². The molecule has 2 aromatic heterocycles. The molecule has 0 unspecified atom stereocenters. The summed E-state index contributed by atoms with van der Waals surface area (Å²) in [7, 11) is 1.58. The summed E-state index contributed by atoms with van der Waals surface area (Å²) in [5.74, 6) is 0.954. The topological polar surface area (TPSA) is 127 Å². The van der Waals surface area contributed by atoms with E-state index in [1.54, 1.807) is 25.6 Å². The summed E-state index contributed by atoms with van der Waals surface area (Å²) >= 11 is 1.28. The molecule has 0 bridgehead atoms. The van der Waals surface area contributed by atoms with E-state index in [2.05, 4.69) is 40.9 Å². The molecule has 1 aliphatic heterocycles. The lowest BCUT2D eigenvalue weighted by Gasteiger charge is -2.17. The smallest absolute Gasteiger partial charge is 0.259 e. The summed E-state index contributed by atoms with van der Waals surface area (Å²) in [4.78, 5) is 19.2. The normalized spacial score (nSPS) is 16.6. The van der Waals surface area contributed by atoms with Crippen molar-refractivity contribution in [2.75, 3.05) is 42.3 Å². The largest absolute Gasteiger partial charge is 0.497 e. The molecular formula is C20H24N8O3S. The Morgan fingerprint density at radius 1 is 1.28 bits per heavy atom. The first kappa shape index (κ1) is 21.8. The maximum Gasteiger partial charge on any atom is 0.259 e. The van der Waals surface area contributed by atoms with Crippen LogP contribution < -0.4 is 20.3 Å². The number of nitrogens with zero attached hydrogens (tertiary/aromatic N) is 6. The second-order valence-corrected chi connectivity index (χ2v) is 8.01. The van der Waals surface area contributed by atoms with Gasteiger partial charge < -0.3 is 19.7 Å². The Hall–Kier alpha value is -3.38. The molecular weight excluding hydrogens is 432 g/mol. The third-order valence-corrected chi connectivity index (χ3v) is 5.66. The fraction of sp³-hybridized carbons (Fsp3) is 0.400. The van der Waals surface area contributed by atoms with E-state index >= 15 is 0 Å². The summed E-state index contributed by atoms with van der Waals surface area (Å²) in [5.41, 5.74) is 0.704. The summed E-state index contributed by atoms with van der Waals surface area (Å²) in [6.07, 6.45) is 3.31. The highest BCUT2D eigenvalue weighted by atomic mass is 32.1. The molecule has 1 aromatic carbocycles. The first-order valence-electron chi connectivity index (χ1n) is 10.2. The van der Waals surface area contributed by atoms with Gasteiger partial charge in [-0.1, -0.05) is 23.5 Å². The van der Waals surface area contributed by atoms with Gasteiger partial charge in [-0.2, -0.15) is 5.10 Å². The first-order valence-corrected chi connectivity index (χ1v) is 11.0. The van der Waals surface area contributed by atoms with Crippen molar-refractivity contribution >= 4 is 33.5 Å². The van der Waals surface area contributed by atoms with Gasteiger partial charge in [-0.3, -0.25) is 10.1 Å². The van der Waals surface area contributed by atoms with Crippen LogP contribution in [-0.4, -0.2) is 64.1 Å². The minimum Gasteiger partial charge on any atom is -0.497 e. The highest BCUT2D eigenvalue weighted by molar-refractivity contribution is 7.19. The molecule has 0 spiro atoms. The molecule has 3 heterocycles. The Morgan fingerprint density at radius 2 is 2.16 bits per heavy atom. The Morgan fingerprint density at radius 3 is 2.94 bits per heavy atom. The lowest BCUT2D eigenvalue weighted by Crippen LogP contribution is -2.27. The minimum atomic E-state index is -0.779. The zero-order valence-corrected chi connectivity index (χ0v) is 18.6. The predicted molar refractivity (Wildman–Crippen MR) is 120 cm³/mol. The summed E-state index contributed by atoms with van der Waals surface area (Å²) in [6.45, 7) is 3.78.